The van der Waals surface area contributed by atoms with Gasteiger partial charge in [-0.3, -0.25) is 9.69 Å². The van der Waals surface area contributed by atoms with E-state index in [1.165, 1.54) is 0 Å². The van der Waals surface area contributed by atoms with Crippen LogP contribution in [0.5, 0.6) is 0 Å². The van der Waals surface area contributed by atoms with Crippen LogP contribution in [0.25, 0.3) is 0 Å². The van der Waals surface area contributed by atoms with Gasteiger partial charge in [0.25, 0.3) is 0 Å². The highest BCUT2D eigenvalue weighted by atomic mass is 32.2. The van der Waals surface area contributed by atoms with E-state index in [0.29, 0.717) is 13.1 Å². The minimum absolute atomic E-state index is 0.0786. The standard InChI is InChI=1S/C11H22N2O4S/c1-8(2)12-10(11(14)15)6-13-4-5-18(16,17)7-9(13)3/h8-10,12H,4-7H2,1-3H3,(H,14,15). The Labute approximate surface area is 108 Å². The Morgan fingerprint density at radius 3 is 2.56 bits per heavy atom. The second kappa shape index (κ2) is 5.99. The molecule has 1 fully saturated rings. The first kappa shape index (κ1) is 15.4. The first-order chi connectivity index (χ1) is 8.21. The first-order valence-corrected chi connectivity index (χ1v) is 7.97. The van der Waals surface area contributed by atoms with Gasteiger partial charge in [-0.2, -0.15) is 0 Å². The van der Waals surface area contributed by atoms with Crippen molar-refractivity contribution in [3.8, 4) is 0 Å². The van der Waals surface area contributed by atoms with E-state index in [0.717, 1.165) is 0 Å². The molecule has 1 heterocycles. The van der Waals surface area contributed by atoms with Crippen molar-refractivity contribution in [3.63, 3.8) is 0 Å². The summed E-state index contributed by atoms with van der Waals surface area (Å²) in [7, 11) is -2.95. The average Bonchev–Trinajstić information content (AvgIpc) is 2.19. The lowest BCUT2D eigenvalue weighted by Gasteiger charge is -2.35. The summed E-state index contributed by atoms with van der Waals surface area (Å²) in [5.41, 5.74) is 0. The Morgan fingerprint density at radius 1 is 1.50 bits per heavy atom. The van der Waals surface area contributed by atoms with Gasteiger partial charge in [-0.05, 0) is 6.92 Å². The van der Waals surface area contributed by atoms with Crippen LogP contribution < -0.4 is 5.32 Å². The number of nitrogens with one attached hydrogen (secondary N) is 1. The highest BCUT2D eigenvalue weighted by Crippen LogP contribution is 2.12. The van der Waals surface area contributed by atoms with Gasteiger partial charge in [0.2, 0.25) is 0 Å². The minimum atomic E-state index is -2.95. The molecule has 2 unspecified atom stereocenters. The molecule has 6 nitrogen and oxygen atoms in total. The van der Waals surface area contributed by atoms with Crippen LogP contribution in [0.15, 0.2) is 0 Å². The van der Waals surface area contributed by atoms with E-state index in [1.807, 2.05) is 25.7 Å². The molecule has 0 aromatic rings. The summed E-state index contributed by atoms with van der Waals surface area (Å²) >= 11 is 0. The molecule has 106 valence electrons. The molecule has 0 aromatic heterocycles. The van der Waals surface area contributed by atoms with Crippen molar-refractivity contribution in [2.24, 2.45) is 0 Å². The molecule has 0 radical (unpaired) electrons. The van der Waals surface area contributed by atoms with Crippen molar-refractivity contribution in [1.82, 2.24) is 10.2 Å². The van der Waals surface area contributed by atoms with E-state index in [9.17, 15) is 13.2 Å². The van der Waals surface area contributed by atoms with Crippen LogP contribution in [0.1, 0.15) is 20.8 Å². The van der Waals surface area contributed by atoms with Gasteiger partial charge in [0.05, 0.1) is 11.5 Å². The number of carbonyl (C=O) groups is 1. The molecule has 1 aliphatic heterocycles. The van der Waals surface area contributed by atoms with Gasteiger partial charge in [-0.15, -0.1) is 0 Å². The van der Waals surface area contributed by atoms with E-state index < -0.39 is 21.8 Å². The molecule has 0 amide bonds. The van der Waals surface area contributed by atoms with Crippen molar-refractivity contribution in [2.75, 3.05) is 24.6 Å². The number of sulfone groups is 1. The number of carboxylic acid groups (broad SMARTS) is 1. The smallest absolute Gasteiger partial charge is 0.322 e. The summed E-state index contributed by atoms with van der Waals surface area (Å²) in [6.07, 6.45) is 0. The van der Waals surface area contributed by atoms with Crippen molar-refractivity contribution in [1.29, 1.82) is 0 Å². The number of hydrogen-bond acceptors (Lipinski definition) is 5. The first-order valence-electron chi connectivity index (χ1n) is 6.14. The molecule has 1 aliphatic rings. The highest BCUT2D eigenvalue weighted by molar-refractivity contribution is 7.91. The van der Waals surface area contributed by atoms with Gasteiger partial charge in [0.15, 0.2) is 9.84 Å². The molecule has 7 heteroatoms. The number of aliphatic carboxylic acids is 1. The maximum Gasteiger partial charge on any atom is 0.322 e. The molecule has 0 saturated carbocycles. The SMILES string of the molecule is CC(C)NC(CN1CCS(=O)(=O)CC1C)C(=O)O. The molecule has 0 bridgehead atoms. The van der Waals surface area contributed by atoms with Crippen LogP contribution in [-0.4, -0.2) is 67.1 Å². The molecular weight excluding hydrogens is 256 g/mol. The molecular formula is C11H22N2O4S. The number of rotatable bonds is 5. The highest BCUT2D eigenvalue weighted by Gasteiger charge is 2.31. The predicted octanol–water partition coefficient (Wildman–Crippen LogP) is -0.443. The average molecular weight is 278 g/mol. The van der Waals surface area contributed by atoms with Crippen molar-refractivity contribution in [3.05, 3.63) is 0 Å². The maximum absolute atomic E-state index is 11.4. The lowest BCUT2D eigenvalue weighted by molar-refractivity contribution is -0.140. The number of nitrogens with zero attached hydrogens (tertiary/aromatic N) is 1. The Hall–Kier alpha value is -0.660. The Balaban J connectivity index is 2.62. The predicted molar refractivity (Wildman–Crippen MR) is 69.4 cm³/mol. The third-order valence-electron chi connectivity index (χ3n) is 3.06. The normalized spacial score (nSPS) is 26.1. The van der Waals surface area contributed by atoms with Gasteiger partial charge in [0, 0.05) is 25.2 Å². The Morgan fingerprint density at radius 2 is 2.11 bits per heavy atom. The van der Waals surface area contributed by atoms with E-state index in [2.05, 4.69) is 5.32 Å². The molecule has 18 heavy (non-hydrogen) atoms. The summed E-state index contributed by atoms with van der Waals surface area (Å²) in [5, 5.41) is 12.1. The summed E-state index contributed by atoms with van der Waals surface area (Å²) in [4.78, 5) is 13.1. The fraction of sp³-hybridized carbons (Fsp3) is 0.909. The quantitative estimate of drug-likeness (QED) is 0.709. The zero-order valence-electron chi connectivity index (χ0n) is 11.1. The van der Waals surface area contributed by atoms with Crippen LogP contribution in [0, 0.1) is 0 Å². The van der Waals surface area contributed by atoms with Gasteiger partial charge in [-0.25, -0.2) is 8.42 Å². The van der Waals surface area contributed by atoms with Crippen LogP contribution in [0.3, 0.4) is 0 Å². The van der Waals surface area contributed by atoms with Gasteiger partial charge < -0.3 is 10.4 Å². The third-order valence-corrected chi connectivity index (χ3v) is 4.85. The zero-order valence-corrected chi connectivity index (χ0v) is 11.9. The van der Waals surface area contributed by atoms with Crippen molar-refractivity contribution >= 4 is 15.8 Å². The number of carboxylic acids is 1. The summed E-state index contributed by atoms with van der Waals surface area (Å²) in [6.45, 7) is 6.35. The molecule has 1 saturated heterocycles. The van der Waals surface area contributed by atoms with Gasteiger partial charge in [0.1, 0.15) is 6.04 Å². The van der Waals surface area contributed by atoms with Crippen LogP contribution in [0.2, 0.25) is 0 Å². The second-order valence-corrected chi connectivity index (χ2v) is 7.40. The van der Waals surface area contributed by atoms with Crippen LogP contribution >= 0.6 is 0 Å². The summed E-state index contributed by atoms with van der Waals surface area (Å²) < 4.78 is 22.9. The van der Waals surface area contributed by atoms with E-state index >= 15 is 0 Å². The van der Waals surface area contributed by atoms with Crippen LogP contribution in [0.4, 0.5) is 0 Å². The second-order valence-electron chi connectivity index (χ2n) is 5.17. The largest absolute Gasteiger partial charge is 0.480 e. The topological polar surface area (TPSA) is 86.7 Å². The van der Waals surface area contributed by atoms with Crippen molar-refractivity contribution in [2.45, 2.75) is 38.9 Å². The summed E-state index contributed by atoms with van der Waals surface area (Å²) in [6, 6.07) is -0.706. The fourth-order valence-electron chi connectivity index (χ4n) is 2.14. The molecule has 2 atom stereocenters. The lowest BCUT2D eigenvalue weighted by atomic mass is 10.2. The molecule has 0 aliphatic carbocycles. The molecule has 0 spiro atoms. The van der Waals surface area contributed by atoms with E-state index in [-0.39, 0.29) is 23.6 Å². The van der Waals surface area contributed by atoms with E-state index in [1.54, 1.807) is 0 Å². The molecule has 2 N–H and O–H groups in total. The molecule has 1 rings (SSSR count). The maximum atomic E-state index is 11.4. The van der Waals surface area contributed by atoms with Gasteiger partial charge in [-0.1, -0.05) is 13.8 Å². The third kappa shape index (κ3) is 4.55. The zero-order chi connectivity index (χ0) is 13.9. The van der Waals surface area contributed by atoms with Gasteiger partial charge >= 0.3 is 5.97 Å². The number of hydrogen-bond donors (Lipinski definition) is 2. The Kier molecular flexibility index (Phi) is 5.12. The lowest BCUT2D eigenvalue weighted by Crippen LogP contribution is -2.55. The fourth-order valence-corrected chi connectivity index (χ4v) is 3.77. The minimum Gasteiger partial charge on any atom is -0.480 e. The van der Waals surface area contributed by atoms with Crippen LogP contribution in [-0.2, 0) is 14.6 Å². The van der Waals surface area contributed by atoms with Crippen molar-refractivity contribution < 1.29 is 18.3 Å². The monoisotopic (exact) mass is 278 g/mol. The Bertz CT molecular complexity index is 394. The summed E-state index contributed by atoms with van der Waals surface area (Å²) in [5.74, 6) is -0.670. The molecule has 0 aromatic carbocycles. The van der Waals surface area contributed by atoms with E-state index in [4.69, 9.17) is 5.11 Å².